The number of aliphatic hydroxyl groups is 2. The monoisotopic (exact) mass is 330 g/mol. The Bertz CT molecular complexity index is 757. The van der Waals surface area contributed by atoms with Crippen molar-refractivity contribution < 1.29 is 28.9 Å². The highest BCUT2D eigenvalue weighted by Gasteiger charge is 2.63. The average Bonchev–Trinajstić information content (AvgIpc) is 2.72. The molecule has 2 rings (SSSR count). The van der Waals surface area contributed by atoms with Crippen LogP contribution in [0.4, 0.5) is 4.39 Å². The number of nitrogens with zero attached hydrogens (tertiary/aromatic N) is 1. The first-order valence-corrected chi connectivity index (χ1v) is 6.63. The van der Waals surface area contributed by atoms with Crippen molar-refractivity contribution in [3.05, 3.63) is 33.1 Å². The molecule has 9 nitrogen and oxygen atoms in total. The van der Waals surface area contributed by atoms with Gasteiger partial charge in [-0.05, 0) is 13.8 Å². The maximum Gasteiger partial charge on any atom is 0.330 e. The van der Waals surface area contributed by atoms with Crippen molar-refractivity contribution in [3.63, 3.8) is 0 Å². The molecule has 1 aromatic rings. The van der Waals surface area contributed by atoms with Gasteiger partial charge >= 0.3 is 5.69 Å². The van der Waals surface area contributed by atoms with Gasteiger partial charge in [0.05, 0.1) is 0 Å². The molecule has 0 radical (unpaired) electrons. The smallest absolute Gasteiger partial charge is 0.330 e. The summed E-state index contributed by atoms with van der Waals surface area (Å²) in [5.41, 5.74) is -4.58. The number of halogens is 1. The molecule has 1 saturated heterocycles. The Morgan fingerprint density at radius 3 is 2.52 bits per heavy atom. The first-order chi connectivity index (χ1) is 10.6. The number of Topliss-reactive ketones (excluding diaryl/α,β-unsaturated/α-hetero) is 2. The number of carbonyl (C=O) groups is 2. The van der Waals surface area contributed by atoms with E-state index in [9.17, 15) is 33.8 Å². The third-order valence-electron chi connectivity index (χ3n) is 3.78. The maximum absolute atomic E-state index is 14.7. The number of rotatable bonds is 4. The molecule has 1 fully saturated rings. The SMILES string of the molecule is CC(=O)C(O)C1OC(n2ccc(=O)[nH]c2=O)C(F)C1(O)C(C)=O. The molecule has 0 bridgehead atoms. The molecule has 5 unspecified atom stereocenters. The molecule has 23 heavy (non-hydrogen) atoms. The molecule has 0 aliphatic carbocycles. The second-order valence-electron chi connectivity index (χ2n) is 5.30. The minimum Gasteiger partial charge on any atom is -0.382 e. The number of hydrogen-bond donors (Lipinski definition) is 3. The van der Waals surface area contributed by atoms with Gasteiger partial charge in [-0.25, -0.2) is 9.18 Å². The number of aromatic amines is 1. The number of ether oxygens (including phenoxy) is 1. The van der Waals surface area contributed by atoms with Crippen LogP contribution in [0.3, 0.4) is 0 Å². The average molecular weight is 330 g/mol. The van der Waals surface area contributed by atoms with E-state index in [2.05, 4.69) is 0 Å². The van der Waals surface area contributed by atoms with Crippen LogP contribution < -0.4 is 11.2 Å². The Labute approximate surface area is 128 Å². The van der Waals surface area contributed by atoms with Crippen LogP contribution in [0.25, 0.3) is 0 Å². The van der Waals surface area contributed by atoms with Gasteiger partial charge in [-0.1, -0.05) is 0 Å². The standard InChI is InChI=1S/C13H15FN2O7/c1-5(17)8(20)10-13(22,6(2)18)9(14)11(23-10)16-4-3-7(19)15-12(16)21/h3-4,8-11,20,22H,1-2H3,(H,15,19,21). The predicted molar refractivity (Wildman–Crippen MR) is 72.4 cm³/mol. The third kappa shape index (κ3) is 2.64. The molecule has 2 heterocycles. The highest BCUT2D eigenvalue weighted by Crippen LogP contribution is 2.41. The molecule has 10 heteroatoms. The van der Waals surface area contributed by atoms with E-state index in [0.29, 0.717) is 4.57 Å². The number of ketones is 2. The minimum atomic E-state index is -2.81. The number of alkyl halides is 1. The maximum atomic E-state index is 14.7. The lowest BCUT2D eigenvalue weighted by molar-refractivity contribution is -0.160. The van der Waals surface area contributed by atoms with Crippen LogP contribution in [-0.4, -0.2) is 55.3 Å². The van der Waals surface area contributed by atoms with Crippen LogP contribution in [0.15, 0.2) is 21.9 Å². The van der Waals surface area contributed by atoms with Gasteiger partial charge in [0, 0.05) is 12.3 Å². The number of aromatic nitrogens is 2. The molecule has 0 amide bonds. The van der Waals surface area contributed by atoms with Gasteiger partial charge in [0.25, 0.3) is 5.56 Å². The number of aliphatic hydroxyl groups excluding tert-OH is 1. The topological polar surface area (TPSA) is 139 Å². The highest BCUT2D eigenvalue weighted by atomic mass is 19.1. The molecule has 0 saturated carbocycles. The summed E-state index contributed by atoms with van der Waals surface area (Å²) in [6.45, 7) is 1.84. The molecule has 126 valence electrons. The van der Waals surface area contributed by atoms with Gasteiger partial charge in [-0.3, -0.25) is 23.9 Å². The Balaban J connectivity index is 2.53. The van der Waals surface area contributed by atoms with Gasteiger partial charge in [0.2, 0.25) is 0 Å². The lowest BCUT2D eigenvalue weighted by atomic mass is 9.85. The summed E-state index contributed by atoms with van der Waals surface area (Å²) in [6.07, 6.45) is -7.18. The zero-order valence-electron chi connectivity index (χ0n) is 12.2. The number of nitrogens with one attached hydrogen (secondary N) is 1. The Morgan fingerprint density at radius 2 is 2.04 bits per heavy atom. The fourth-order valence-corrected chi connectivity index (χ4v) is 2.45. The van der Waals surface area contributed by atoms with Gasteiger partial charge in [0.1, 0.15) is 12.2 Å². The Kier molecular flexibility index (Phi) is 4.33. The van der Waals surface area contributed by atoms with Crippen molar-refractivity contribution in [2.75, 3.05) is 0 Å². The summed E-state index contributed by atoms with van der Waals surface area (Å²) in [6, 6.07) is 0.916. The first kappa shape index (κ1) is 17.2. The van der Waals surface area contributed by atoms with Crippen LogP contribution in [0.2, 0.25) is 0 Å². The normalized spacial score (nSPS) is 31.8. The number of hydrogen-bond acceptors (Lipinski definition) is 7. The molecule has 1 aromatic heterocycles. The Morgan fingerprint density at radius 1 is 1.43 bits per heavy atom. The first-order valence-electron chi connectivity index (χ1n) is 6.63. The van der Waals surface area contributed by atoms with Gasteiger partial charge in [0.15, 0.2) is 29.6 Å². The van der Waals surface area contributed by atoms with Gasteiger partial charge < -0.3 is 14.9 Å². The third-order valence-corrected chi connectivity index (χ3v) is 3.78. The van der Waals surface area contributed by atoms with E-state index in [-0.39, 0.29) is 0 Å². The van der Waals surface area contributed by atoms with Crippen LogP contribution in [0.1, 0.15) is 20.1 Å². The minimum absolute atomic E-state index is 0.618. The molecule has 1 aliphatic rings. The highest BCUT2D eigenvalue weighted by molar-refractivity contribution is 5.89. The van der Waals surface area contributed by atoms with Crippen molar-refractivity contribution in [2.45, 2.75) is 44.1 Å². The second-order valence-corrected chi connectivity index (χ2v) is 5.30. The van der Waals surface area contributed by atoms with Crippen molar-refractivity contribution in [1.29, 1.82) is 0 Å². The summed E-state index contributed by atoms with van der Waals surface area (Å²) < 4.78 is 20.4. The van der Waals surface area contributed by atoms with Crippen molar-refractivity contribution in [1.82, 2.24) is 9.55 Å². The Hall–Kier alpha value is -2.17. The summed E-state index contributed by atoms with van der Waals surface area (Å²) >= 11 is 0. The van der Waals surface area contributed by atoms with E-state index in [0.717, 1.165) is 26.1 Å². The quantitative estimate of drug-likeness (QED) is 0.582. The fraction of sp³-hybridized carbons (Fsp3) is 0.538. The second kappa shape index (κ2) is 5.80. The van der Waals surface area contributed by atoms with Gasteiger partial charge in [-0.15, -0.1) is 0 Å². The summed E-state index contributed by atoms with van der Waals surface area (Å²) in [5.74, 6) is -1.92. The summed E-state index contributed by atoms with van der Waals surface area (Å²) in [5, 5.41) is 20.2. The van der Waals surface area contributed by atoms with Crippen molar-refractivity contribution in [2.24, 2.45) is 0 Å². The van der Waals surface area contributed by atoms with E-state index in [1.165, 1.54) is 0 Å². The van der Waals surface area contributed by atoms with Crippen molar-refractivity contribution in [3.8, 4) is 0 Å². The largest absolute Gasteiger partial charge is 0.382 e. The molecular weight excluding hydrogens is 315 g/mol. The lowest BCUT2D eigenvalue weighted by Gasteiger charge is -2.28. The van der Waals surface area contributed by atoms with E-state index in [4.69, 9.17) is 4.74 Å². The predicted octanol–water partition coefficient (Wildman–Crippen LogP) is -1.96. The van der Waals surface area contributed by atoms with Crippen LogP contribution in [-0.2, 0) is 14.3 Å². The fourth-order valence-electron chi connectivity index (χ4n) is 2.45. The van der Waals surface area contributed by atoms with Crippen LogP contribution in [0.5, 0.6) is 0 Å². The lowest BCUT2D eigenvalue weighted by Crippen LogP contribution is -2.57. The van der Waals surface area contributed by atoms with Crippen molar-refractivity contribution >= 4 is 11.6 Å². The van der Waals surface area contributed by atoms with Crippen LogP contribution >= 0.6 is 0 Å². The zero-order chi connectivity index (χ0) is 17.5. The number of carbonyl (C=O) groups excluding carboxylic acids is 2. The zero-order valence-corrected chi connectivity index (χ0v) is 12.2. The molecule has 0 aromatic carbocycles. The molecule has 5 atom stereocenters. The number of H-pyrrole nitrogens is 1. The van der Waals surface area contributed by atoms with Gasteiger partial charge in [-0.2, -0.15) is 0 Å². The molecule has 0 spiro atoms. The molecule has 1 aliphatic heterocycles. The summed E-state index contributed by atoms with van der Waals surface area (Å²) in [7, 11) is 0. The molecule has 3 N–H and O–H groups in total. The van der Waals surface area contributed by atoms with Crippen LogP contribution in [0, 0.1) is 0 Å². The van der Waals surface area contributed by atoms with E-state index >= 15 is 0 Å². The van der Waals surface area contributed by atoms with E-state index < -0.39 is 53.0 Å². The van der Waals surface area contributed by atoms with E-state index in [1.54, 1.807) is 0 Å². The summed E-state index contributed by atoms with van der Waals surface area (Å²) in [4.78, 5) is 47.6. The van der Waals surface area contributed by atoms with E-state index in [1.807, 2.05) is 4.98 Å². The molecular formula is C13H15FN2O7.